The zero-order valence-electron chi connectivity index (χ0n) is 15.4. The number of aryl methyl sites for hydroxylation is 1. The van der Waals surface area contributed by atoms with Gasteiger partial charge in [0.25, 0.3) is 5.69 Å². The number of hydrogen-bond donors (Lipinski definition) is 1. The summed E-state index contributed by atoms with van der Waals surface area (Å²) in [7, 11) is 0. The summed E-state index contributed by atoms with van der Waals surface area (Å²) in [6.07, 6.45) is -1.10. The van der Waals surface area contributed by atoms with Crippen molar-refractivity contribution in [1.82, 2.24) is 0 Å². The van der Waals surface area contributed by atoms with Gasteiger partial charge in [0.15, 0.2) is 0 Å². The van der Waals surface area contributed by atoms with Gasteiger partial charge in [-0.25, -0.2) is 0 Å². The standard InChI is InChI=1S/C22H20N2O4/c1-15-10-12-16(13-11-15)21-22(25)28-20-9-5-4-8-19(20)23(21)14-17-6-2-3-7-18(17)24(26)27/h2-13,21-22,25H,14H2,1H3. The average molecular weight is 376 g/mol. The van der Waals surface area contributed by atoms with Gasteiger partial charge in [-0.1, -0.05) is 60.2 Å². The predicted molar refractivity (Wildman–Crippen MR) is 106 cm³/mol. The molecule has 28 heavy (non-hydrogen) atoms. The maximum atomic E-state index is 11.5. The second-order valence-corrected chi connectivity index (χ2v) is 6.85. The molecule has 0 fully saturated rings. The van der Waals surface area contributed by atoms with E-state index in [-0.39, 0.29) is 17.2 Å². The highest BCUT2D eigenvalue weighted by atomic mass is 16.6. The van der Waals surface area contributed by atoms with E-state index in [2.05, 4.69) is 0 Å². The van der Waals surface area contributed by atoms with Gasteiger partial charge in [-0.3, -0.25) is 10.1 Å². The quantitative estimate of drug-likeness (QED) is 0.541. The lowest BCUT2D eigenvalue weighted by Crippen LogP contribution is -2.43. The van der Waals surface area contributed by atoms with Crippen molar-refractivity contribution in [2.75, 3.05) is 4.90 Å². The molecule has 2 unspecified atom stereocenters. The zero-order chi connectivity index (χ0) is 19.7. The van der Waals surface area contributed by atoms with Gasteiger partial charge in [0.1, 0.15) is 11.8 Å². The molecular weight excluding hydrogens is 356 g/mol. The van der Waals surface area contributed by atoms with E-state index in [0.717, 1.165) is 16.8 Å². The van der Waals surface area contributed by atoms with Crippen LogP contribution in [0.1, 0.15) is 22.7 Å². The Morgan fingerprint density at radius 1 is 1.04 bits per heavy atom. The number of rotatable bonds is 4. The van der Waals surface area contributed by atoms with E-state index in [1.165, 1.54) is 6.07 Å². The molecule has 6 nitrogen and oxygen atoms in total. The van der Waals surface area contributed by atoms with Crippen molar-refractivity contribution < 1.29 is 14.8 Å². The van der Waals surface area contributed by atoms with Crippen LogP contribution in [0.25, 0.3) is 0 Å². The minimum Gasteiger partial charge on any atom is -0.460 e. The fourth-order valence-corrected chi connectivity index (χ4v) is 3.59. The molecule has 2 atom stereocenters. The highest BCUT2D eigenvalue weighted by Gasteiger charge is 2.36. The van der Waals surface area contributed by atoms with E-state index in [4.69, 9.17) is 4.74 Å². The Hall–Kier alpha value is -3.38. The number of ether oxygens (including phenoxy) is 1. The van der Waals surface area contributed by atoms with Crippen LogP contribution in [0, 0.1) is 17.0 Å². The molecule has 1 heterocycles. The van der Waals surface area contributed by atoms with Gasteiger partial charge in [-0.15, -0.1) is 0 Å². The van der Waals surface area contributed by atoms with Crippen molar-refractivity contribution >= 4 is 11.4 Å². The number of para-hydroxylation sites is 3. The van der Waals surface area contributed by atoms with E-state index >= 15 is 0 Å². The number of fused-ring (bicyclic) bond motifs is 1. The highest BCUT2D eigenvalue weighted by Crippen LogP contribution is 2.43. The molecule has 1 N–H and O–H groups in total. The maximum Gasteiger partial charge on any atom is 0.274 e. The normalized spacial score (nSPS) is 18.3. The average Bonchev–Trinajstić information content (AvgIpc) is 2.69. The van der Waals surface area contributed by atoms with Gasteiger partial charge in [-0.05, 0) is 24.6 Å². The van der Waals surface area contributed by atoms with Gasteiger partial charge >= 0.3 is 0 Å². The molecule has 142 valence electrons. The van der Waals surface area contributed by atoms with Crippen molar-refractivity contribution in [3.63, 3.8) is 0 Å². The number of hydrogen-bond acceptors (Lipinski definition) is 5. The molecule has 0 aliphatic carbocycles. The first kappa shape index (κ1) is 18.0. The van der Waals surface area contributed by atoms with Crippen LogP contribution in [0.3, 0.4) is 0 Å². The Kier molecular flexibility index (Phi) is 4.71. The Labute approximate surface area is 162 Å². The van der Waals surface area contributed by atoms with E-state index in [1.807, 2.05) is 54.3 Å². The summed E-state index contributed by atoms with van der Waals surface area (Å²) in [6, 6.07) is 21.5. The molecule has 6 heteroatoms. The van der Waals surface area contributed by atoms with Crippen molar-refractivity contribution in [3.05, 3.63) is 99.6 Å². The van der Waals surface area contributed by atoms with Crippen LogP contribution in [0.4, 0.5) is 11.4 Å². The monoisotopic (exact) mass is 376 g/mol. The van der Waals surface area contributed by atoms with Crippen LogP contribution >= 0.6 is 0 Å². The zero-order valence-corrected chi connectivity index (χ0v) is 15.4. The first-order valence-corrected chi connectivity index (χ1v) is 9.04. The number of nitro groups is 1. The number of nitrogens with zero attached hydrogens (tertiary/aromatic N) is 2. The van der Waals surface area contributed by atoms with Crippen LogP contribution in [-0.2, 0) is 6.54 Å². The summed E-state index contributed by atoms with van der Waals surface area (Å²) in [5.74, 6) is 0.553. The van der Waals surface area contributed by atoms with Gasteiger partial charge in [-0.2, -0.15) is 0 Å². The van der Waals surface area contributed by atoms with Crippen molar-refractivity contribution in [2.24, 2.45) is 0 Å². The summed E-state index contributed by atoms with van der Waals surface area (Å²) in [5, 5.41) is 22.2. The molecule has 3 aromatic carbocycles. The lowest BCUT2D eigenvalue weighted by molar-refractivity contribution is -0.385. The van der Waals surface area contributed by atoms with Gasteiger partial charge in [0.2, 0.25) is 6.29 Å². The van der Waals surface area contributed by atoms with Crippen LogP contribution in [0.2, 0.25) is 0 Å². The molecule has 0 bridgehead atoms. The number of aliphatic hydroxyl groups is 1. The lowest BCUT2D eigenvalue weighted by Gasteiger charge is -2.41. The van der Waals surface area contributed by atoms with Gasteiger partial charge < -0.3 is 14.7 Å². The molecule has 0 spiro atoms. The molecule has 0 amide bonds. The summed E-state index contributed by atoms with van der Waals surface area (Å²) in [5.41, 5.74) is 3.42. The predicted octanol–water partition coefficient (Wildman–Crippen LogP) is 4.36. The van der Waals surface area contributed by atoms with Crippen LogP contribution < -0.4 is 9.64 Å². The van der Waals surface area contributed by atoms with Crippen LogP contribution in [0.5, 0.6) is 5.75 Å². The second kappa shape index (κ2) is 7.32. The minimum atomic E-state index is -1.10. The molecule has 4 rings (SSSR count). The third-order valence-electron chi connectivity index (χ3n) is 4.98. The fraction of sp³-hybridized carbons (Fsp3) is 0.182. The molecule has 0 radical (unpaired) electrons. The number of benzene rings is 3. The SMILES string of the molecule is Cc1ccc(C2C(O)Oc3ccccc3N2Cc2ccccc2[N+](=O)[O-])cc1. The topological polar surface area (TPSA) is 75.8 Å². The Morgan fingerprint density at radius 2 is 1.71 bits per heavy atom. The summed E-state index contributed by atoms with van der Waals surface area (Å²) >= 11 is 0. The van der Waals surface area contributed by atoms with E-state index < -0.39 is 12.3 Å². The summed E-state index contributed by atoms with van der Waals surface area (Å²) < 4.78 is 5.75. The Bertz CT molecular complexity index is 1000. The highest BCUT2D eigenvalue weighted by molar-refractivity contribution is 5.62. The van der Waals surface area contributed by atoms with Crippen molar-refractivity contribution in [3.8, 4) is 5.75 Å². The smallest absolute Gasteiger partial charge is 0.274 e. The molecule has 3 aromatic rings. The minimum absolute atomic E-state index is 0.0589. The molecule has 1 aliphatic rings. The van der Waals surface area contributed by atoms with Gasteiger partial charge in [0, 0.05) is 11.6 Å². The molecule has 1 aliphatic heterocycles. The Morgan fingerprint density at radius 3 is 2.46 bits per heavy atom. The molecular formula is C22H20N2O4. The second-order valence-electron chi connectivity index (χ2n) is 6.85. The van der Waals surface area contributed by atoms with Crippen LogP contribution in [0.15, 0.2) is 72.8 Å². The van der Waals surface area contributed by atoms with E-state index in [0.29, 0.717) is 11.3 Å². The van der Waals surface area contributed by atoms with Crippen molar-refractivity contribution in [2.45, 2.75) is 25.8 Å². The van der Waals surface area contributed by atoms with E-state index in [1.54, 1.807) is 24.3 Å². The third-order valence-corrected chi connectivity index (χ3v) is 4.98. The molecule has 0 saturated carbocycles. The fourth-order valence-electron chi connectivity index (χ4n) is 3.59. The molecule has 0 aromatic heterocycles. The Balaban J connectivity index is 1.81. The van der Waals surface area contributed by atoms with Gasteiger partial charge in [0.05, 0.1) is 17.2 Å². The van der Waals surface area contributed by atoms with Crippen LogP contribution in [-0.4, -0.2) is 16.3 Å². The van der Waals surface area contributed by atoms with E-state index in [9.17, 15) is 15.2 Å². The largest absolute Gasteiger partial charge is 0.460 e. The number of nitro benzene ring substituents is 1. The molecule has 0 saturated heterocycles. The van der Waals surface area contributed by atoms with Crippen molar-refractivity contribution in [1.29, 1.82) is 0 Å². The first-order chi connectivity index (χ1) is 13.5. The third kappa shape index (κ3) is 3.30. The summed E-state index contributed by atoms with van der Waals surface area (Å²) in [6.45, 7) is 2.27. The summed E-state index contributed by atoms with van der Waals surface area (Å²) in [4.78, 5) is 13.1. The maximum absolute atomic E-state index is 11.5. The first-order valence-electron chi connectivity index (χ1n) is 9.04. The number of anilines is 1. The number of aliphatic hydroxyl groups excluding tert-OH is 1. The lowest BCUT2D eigenvalue weighted by atomic mass is 9.99.